The van der Waals surface area contributed by atoms with Crippen molar-refractivity contribution in [3.63, 3.8) is 0 Å². The number of amides is 1. The second-order valence-corrected chi connectivity index (χ2v) is 9.50. The molecule has 178 valence electrons. The number of carbonyl (C=O) groups is 2. The van der Waals surface area contributed by atoms with Gasteiger partial charge in [-0.2, -0.15) is 0 Å². The maximum Gasteiger partial charge on any atom is 0.228 e. The number of carbonyl (C=O) groups excluding carboxylic acids is 2. The van der Waals surface area contributed by atoms with Gasteiger partial charge in [-0.05, 0) is 42.0 Å². The Kier molecular flexibility index (Phi) is 5.68. The molecule has 0 unspecified atom stereocenters. The number of fused-ring (bicyclic) bond motifs is 2. The summed E-state index contributed by atoms with van der Waals surface area (Å²) in [5, 5.41) is 1.07. The molecule has 7 heteroatoms. The van der Waals surface area contributed by atoms with Crippen LogP contribution in [0.1, 0.15) is 28.5 Å². The Labute approximate surface area is 204 Å². The van der Waals surface area contributed by atoms with Crippen LogP contribution in [-0.2, 0) is 16.1 Å². The van der Waals surface area contributed by atoms with Crippen molar-refractivity contribution >= 4 is 34.4 Å². The maximum atomic E-state index is 13.0. The summed E-state index contributed by atoms with van der Waals surface area (Å²) in [6.45, 7) is 8.50. The average molecular weight is 469 g/mol. The summed E-state index contributed by atoms with van der Waals surface area (Å²) in [6.07, 6.45) is 1.71. The van der Waals surface area contributed by atoms with Crippen molar-refractivity contribution in [3.8, 4) is 0 Å². The number of Topliss-reactive ketones (excluding diaryl/α,β-unsaturated/α-hetero) is 1. The first-order chi connectivity index (χ1) is 17.1. The fraction of sp³-hybridized carbons (Fsp3) is 0.321. The number of allylic oxidation sites excluding steroid dienone is 1. The Morgan fingerprint density at radius 1 is 1.06 bits per heavy atom. The first-order valence-electron chi connectivity index (χ1n) is 12.2. The highest BCUT2D eigenvalue weighted by atomic mass is 16.5. The van der Waals surface area contributed by atoms with E-state index in [2.05, 4.69) is 21.9 Å². The van der Waals surface area contributed by atoms with Crippen LogP contribution in [0.15, 0.2) is 60.3 Å². The fourth-order valence-corrected chi connectivity index (χ4v) is 5.19. The third-order valence-electron chi connectivity index (χ3n) is 7.19. The number of ketones is 1. The minimum absolute atomic E-state index is 0.155. The van der Waals surface area contributed by atoms with Gasteiger partial charge in [0, 0.05) is 50.6 Å². The highest BCUT2D eigenvalue weighted by Crippen LogP contribution is 2.35. The predicted molar refractivity (Wildman–Crippen MR) is 135 cm³/mol. The molecule has 7 nitrogen and oxygen atoms in total. The molecule has 2 aromatic carbocycles. The van der Waals surface area contributed by atoms with Crippen molar-refractivity contribution in [2.75, 3.05) is 44.3 Å². The smallest absolute Gasteiger partial charge is 0.228 e. The zero-order chi connectivity index (χ0) is 23.9. The standard InChI is InChI=1S/C28H28N4O3/c1-19(33)32-26-5-3-2-4-24(26)28(34)27(32)15-22-8-7-21-14-20(6-9-25(21)29-22)16-30-10-12-31(13-11-30)23-17-35-18-23/h2-9,14-15,23H,10-13,16-18H2,1H3/b27-15+. The Hall–Kier alpha value is -3.39. The number of hydrogen-bond acceptors (Lipinski definition) is 6. The quantitative estimate of drug-likeness (QED) is 0.548. The minimum Gasteiger partial charge on any atom is -0.378 e. The lowest BCUT2D eigenvalue weighted by atomic mass is 10.1. The Morgan fingerprint density at radius 2 is 1.86 bits per heavy atom. The lowest BCUT2D eigenvalue weighted by Gasteiger charge is -2.42. The van der Waals surface area contributed by atoms with Crippen LogP contribution in [0, 0.1) is 0 Å². The molecule has 2 saturated heterocycles. The number of ether oxygens (including phenoxy) is 1. The molecule has 1 aromatic heterocycles. The van der Waals surface area contributed by atoms with E-state index < -0.39 is 0 Å². The average Bonchev–Trinajstić information content (AvgIpc) is 3.11. The normalized spacial score (nSPS) is 20.4. The molecule has 6 rings (SSSR count). The van der Waals surface area contributed by atoms with Crippen LogP contribution in [0.3, 0.4) is 0 Å². The van der Waals surface area contributed by atoms with E-state index in [0.29, 0.717) is 28.7 Å². The number of anilines is 1. The van der Waals surface area contributed by atoms with Crippen LogP contribution in [0.5, 0.6) is 0 Å². The van der Waals surface area contributed by atoms with Gasteiger partial charge in [-0.15, -0.1) is 0 Å². The van der Waals surface area contributed by atoms with Crippen LogP contribution in [0.25, 0.3) is 17.0 Å². The molecule has 35 heavy (non-hydrogen) atoms. The van der Waals surface area contributed by atoms with Gasteiger partial charge in [0.2, 0.25) is 11.7 Å². The summed E-state index contributed by atoms with van der Waals surface area (Å²) < 4.78 is 5.33. The molecule has 1 amide bonds. The van der Waals surface area contributed by atoms with Crippen LogP contribution in [-0.4, -0.2) is 71.9 Å². The van der Waals surface area contributed by atoms with Gasteiger partial charge in [-0.25, -0.2) is 4.98 Å². The maximum absolute atomic E-state index is 13.0. The molecule has 0 radical (unpaired) electrons. The monoisotopic (exact) mass is 468 g/mol. The lowest BCUT2D eigenvalue weighted by Crippen LogP contribution is -2.56. The van der Waals surface area contributed by atoms with E-state index in [0.717, 1.165) is 56.8 Å². The lowest BCUT2D eigenvalue weighted by molar-refractivity contribution is -0.116. The second-order valence-electron chi connectivity index (χ2n) is 9.50. The Morgan fingerprint density at radius 3 is 2.60 bits per heavy atom. The van der Waals surface area contributed by atoms with E-state index in [1.54, 1.807) is 18.2 Å². The molecular weight excluding hydrogens is 440 g/mol. The van der Waals surface area contributed by atoms with Crippen molar-refractivity contribution in [2.24, 2.45) is 0 Å². The number of benzene rings is 2. The van der Waals surface area contributed by atoms with Crippen LogP contribution < -0.4 is 4.90 Å². The van der Waals surface area contributed by atoms with Crippen molar-refractivity contribution in [1.82, 2.24) is 14.8 Å². The molecule has 3 aliphatic heterocycles. The van der Waals surface area contributed by atoms with Gasteiger partial charge in [-0.3, -0.25) is 24.3 Å². The van der Waals surface area contributed by atoms with Crippen molar-refractivity contribution in [3.05, 3.63) is 77.1 Å². The number of hydrogen-bond donors (Lipinski definition) is 0. The minimum atomic E-state index is -0.193. The van der Waals surface area contributed by atoms with E-state index in [9.17, 15) is 9.59 Å². The van der Waals surface area contributed by atoms with Crippen LogP contribution >= 0.6 is 0 Å². The highest BCUT2D eigenvalue weighted by Gasteiger charge is 2.34. The van der Waals surface area contributed by atoms with Gasteiger partial charge in [-0.1, -0.05) is 24.3 Å². The summed E-state index contributed by atoms with van der Waals surface area (Å²) in [5.41, 5.74) is 4.31. The fourth-order valence-electron chi connectivity index (χ4n) is 5.19. The van der Waals surface area contributed by atoms with Crippen molar-refractivity contribution in [2.45, 2.75) is 19.5 Å². The number of aromatic nitrogens is 1. The number of rotatable bonds is 4. The molecule has 0 N–H and O–H groups in total. The SMILES string of the molecule is CC(=O)N1/C(=C/c2ccc3cc(CN4CCN(C5COC5)CC4)ccc3n2)C(=O)c2ccccc21. The summed E-state index contributed by atoms with van der Waals surface area (Å²) >= 11 is 0. The van der Waals surface area contributed by atoms with Crippen molar-refractivity contribution < 1.29 is 14.3 Å². The molecule has 3 aliphatic rings. The number of pyridine rings is 1. The number of piperazine rings is 1. The molecule has 3 aromatic rings. The van der Waals surface area contributed by atoms with E-state index in [1.807, 2.05) is 30.3 Å². The first-order valence-corrected chi connectivity index (χ1v) is 12.2. The molecular formula is C28H28N4O3. The van der Waals surface area contributed by atoms with E-state index in [1.165, 1.54) is 17.4 Å². The topological polar surface area (TPSA) is 66.0 Å². The molecule has 0 aliphatic carbocycles. The highest BCUT2D eigenvalue weighted by molar-refractivity contribution is 6.26. The Bertz CT molecular complexity index is 1340. The largest absolute Gasteiger partial charge is 0.378 e. The summed E-state index contributed by atoms with van der Waals surface area (Å²) in [7, 11) is 0. The van der Waals surface area contributed by atoms with Crippen LogP contribution in [0.2, 0.25) is 0 Å². The molecule has 0 atom stereocenters. The zero-order valence-electron chi connectivity index (χ0n) is 19.8. The number of para-hydroxylation sites is 1. The molecule has 0 bridgehead atoms. The van der Waals surface area contributed by atoms with Crippen molar-refractivity contribution in [1.29, 1.82) is 0 Å². The predicted octanol–water partition coefficient (Wildman–Crippen LogP) is 3.34. The van der Waals surface area contributed by atoms with Gasteiger partial charge < -0.3 is 4.74 Å². The van der Waals surface area contributed by atoms with Gasteiger partial charge >= 0.3 is 0 Å². The summed E-state index contributed by atoms with van der Waals surface area (Å²) in [6, 6.07) is 18.1. The molecule has 0 saturated carbocycles. The van der Waals surface area contributed by atoms with E-state index >= 15 is 0 Å². The van der Waals surface area contributed by atoms with E-state index in [-0.39, 0.29) is 11.7 Å². The molecule has 2 fully saturated rings. The number of nitrogens with zero attached hydrogens (tertiary/aromatic N) is 4. The van der Waals surface area contributed by atoms with Gasteiger partial charge in [0.05, 0.1) is 41.9 Å². The first kappa shape index (κ1) is 22.1. The summed E-state index contributed by atoms with van der Waals surface area (Å²) in [4.78, 5) is 36.6. The zero-order valence-corrected chi connectivity index (χ0v) is 19.8. The third-order valence-corrected chi connectivity index (χ3v) is 7.19. The van der Waals surface area contributed by atoms with Gasteiger partial charge in [0.25, 0.3) is 0 Å². The summed E-state index contributed by atoms with van der Waals surface area (Å²) in [5.74, 6) is -0.347. The third kappa shape index (κ3) is 4.16. The van der Waals surface area contributed by atoms with Gasteiger partial charge in [0.15, 0.2) is 0 Å². The van der Waals surface area contributed by atoms with Crippen LogP contribution in [0.4, 0.5) is 5.69 Å². The molecule has 0 spiro atoms. The van der Waals surface area contributed by atoms with Gasteiger partial charge in [0.1, 0.15) is 0 Å². The molecule has 4 heterocycles. The van der Waals surface area contributed by atoms with E-state index in [4.69, 9.17) is 9.72 Å². The second kappa shape index (κ2) is 9.00. The Balaban J connectivity index is 1.20.